The molecule has 0 saturated heterocycles. The zero-order valence-electron chi connectivity index (χ0n) is 10.5. The quantitative estimate of drug-likeness (QED) is 0.625. The standard InChI is InChI=1S/C15H19N3/c16-18-15(9-8-11-6-7-11)13-3-1-5-14-12(13)4-2-10-17-14/h1-5,10-11,15,18H,6-9,16H2. The molecule has 1 aromatic heterocycles. The summed E-state index contributed by atoms with van der Waals surface area (Å²) < 4.78 is 0. The minimum Gasteiger partial charge on any atom is -0.271 e. The van der Waals surface area contributed by atoms with Crippen molar-refractivity contribution in [3.8, 4) is 0 Å². The second-order valence-corrected chi connectivity index (χ2v) is 5.16. The summed E-state index contributed by atoms with van der Waals surface area (Å²) in [5, 5.41) is 1.21. The van der Waals surface area contributed by atoms with Gasteiger partial charge < -0.3 is 0 Å². The summed E-state index contributed by atoms with van der Waals surface area (Å²) in [7, 11) is 0. The van der Waals surface area contributed by atoms with Gasteiger partial charge in [-0.25, -0.2) is 0 Å². The minimum absolute atomic E-state index is 0.235. The number of nitrogens with two attached hydrogens (primary N) is 1. The number of nitrogens with one attached hydrogen (secondary N) is 1. The molecule has 1 aliphatic rings. The molecule has 1 aromatic carbocycles. The lowest BCUT2D eigenvalue weighted by atomic mass is 9.97. The summed E-state index contributed by atoms with van der Waals surface area (Å²) in [6.07, 6.45) is 7.00. The predicted molar refractivity (Wildman–Crippen MR) is 73.8 cm³/mol. The van der Waals surface area contributed by atoms with E-state index in [0.29, 0.717) is 0 Å². The van der Waals surface area contributed by atoms with Crippen molar-refractivity contribution in [2.75, 3.05) is 0 Å². The molecular formula is C15H19N3. The Morgan fingerprint density at radius 2 is 2.17 bits per heavy atom. The molecule has 1 heterocycles. The van der Waals surface area contributed by atoms with E-state index >= 15 is 0 Å². The first kappa shape index (κ1) is 11.6. The van der Waals surface area contributed by atoms with E-state index in [4.69, 9.17) is 5.84 Å². The number of pyridine rings is 1. The van der Waals surface area contributed by atoms with Crippen molar-refractivity contribution in [3.63, 3.8) is 0 Å². The molecule has 0 spiro atoms. The van der Waals surface area contributed by atoms with Gasteiger partial charge in [0, 0.05) is 17.6 Å². The molecule has 94 valence electrons. The molecule has 1 saturated carbocycles. The number of nitrogens with zero attached hydrogens (tertiary/aromatic N) is 1. The van der Waals surface area contributed by atoms with Gasteiger partial charge in [-0.05, 0) is 36.5 Å². The highest BCUT2D eigenvalue weighted by molar-refractivity contribution is 5.82. The predicted octanol–water partition coefficient (Wildman–Crippen LogP) is 2.93. The number of hydrogen-bond acceptors (Lipinski definition) is 3. The van der Waals surface area contributed by atoms with Crippen LogP contribution in [-0.2, 0) is 0 Å². The Balaban J connectivity index is 1.89. The topological polar surface area (TPSA) is 50.9 Å². The van der Waals surface area contributed by atoms with Crippen LogP contribution in [0, 0.1) is 5.92 Å². The van der Waals surface area contributed by atoms with Crippen LogP contribution in [0.1, 0.15) is 37.3 Å². The van der Waals surface area contributed by atoms with Crippen LogP contribution in [0.2, 0.25) is 0 Å². The van der Waals surface area contributed by atoms with Crippen molar-refractivity contribution < 1.29 is 0 Å². The largest absolute Gasteiger partial charge is 0.271 e. The Bertz CT molecular complexity index is 529. The molecule has 0 amide bonds. The lowest BCUT2D eigenvalue weighted by Gasteiger charge is -2.18. The number of benzene rings is 1. The van der Waals surface area contributed by atoms with Gasteiger partial charge in [-0.15, -0.1) is 0 Å². The molecule has 0 radical (unpaired) electrons. The second-order valence-electron chi connectivity index (χ2n) is 5.16. The first-order chi connectivity index (χ1) is 8.88. The average molecular weight is 241 g/mol. The Kier molecular flexibility index (Phi) is 3.26. The van der Waals surface area contributed by atoms with Gasteiger partial charge in [0.05, 0.1) is 5.52 Å². The van der Waals surface area contributed by atoms with Gasteiger partial charge in [0.25, 0.3) is 0 Å². The fourth-order valence-corrected chi connectivity index (χ4v) is 2.57. The van der Waals surface area contributed by atoms with Crippen LogP contribution in [0.5, 0.6) is 0 Å². The van der Waals surface area contributed by atoms with Crippen LogP contribution >= 0.6 is 0 Å². The van der Waals surface area contributed by atoms with Crippen molar-refractivity contribution in [3.05, 3.63) is 42.1 Å². The summed E-state index contributed by atoms with van der Waals surface area (Å²) in [6, 6.07) is 10.6. The van der Waals surface area contributed by atoms with Crippen molar-refractivity contribution in [1.82, 2.24) is 10.4 Å². The Hall–Kier alpha value is -1.45. The molecule has 3 N–H and O–H groups in total. The van der Waals surface area contributed by atoms with Crippen LogP contribution in [0.15, 0.2) is 36.5 Å². The highest BCUT2D eigenvalue weighted by Crippen LogP contribution is 2.36. The number of rotatable bonds is 5. The van der Waals surface area contributed by atoms with Crippen LogP contribution in [0.25, 0.3) is 10.9 Å². The molecule has 3 nitrogen and oxygen atoms in total. The maximum absolute atomic E-state index is 5.73. The fourth-order valence-electron chi connectivity index (χ4n) is 2.57. The molecule has 3 rings (SSSR count). The highest BCUT2D eigenvalue weighted by Gasteiger charge is 2.23. The van der Waals surface area contributed by atoms with Crippen LogP contribution in [-0.4, -0.2) is 4.98 Å². The summed E-state index contributed by atoms with van der Waals surface area (Å²) in [4.78, 5) is 4.40. The maximum Gasteiger partial charge on any atom is 0.0705 e. The third kappa shape index (κ3) is 2.37. The molecule has 2 aromatic rings. The maximum atomic E-state index is 5.73. The molecular weight excluding hydrogens is 222 g/mol. The summed E-state index contributed by atoms with van der Waals surface area (Å²) in [5.41, 5.74) is 5.28. The average Bonchev–Trinajstić information content (AvgIpc) is 3.24. The van der Waals surface area contributed by atoms with Gasteiger partial charge in [-0.3, -0.25) is 16.3 Å². The first-order valence-corrected chi connectivity index (χ1v) is 6.68. The van der Waals surface area contributed by atoms with Gasteiger partial charge in [-0.1, -0.05) is 31.0 Å². The monoisotopic (exact) mass is 241 g/mol. The SMILES string of the molecule is NNC(CCC1CC1)c1cccc2ncccc12. The fraction of sp³-hybridized carbons (Fsp3) is 0.400. The van der Waals surface area contributed by atoms with Gasteiger partial charge in [0.1, 0.15) is 0 Å². The zero-order chi connectivity index (χ0) is 12.4. The smallest absolute Gasteiger partial charge is 0.0705 e. The lowest BCUT2D eigenvalue weighted by Crippen LogP contribution is -2.28. The lowest BCUT2D eigenvalue weighted by molar-refractivity contribution is 0.484. The normalized spacial score (nSPS) is 16.9. The molecule has 1 unspecified atom stereocenters. The highest BCUT2D eigenvalue weighted by atomic mass is 15.2. The van der Waals surface area contributed by atoms with Crippen molar-refractivity contribution in [1.29, 1.82) is 0 Å². The van der Waals surface area contributed by atoms with E-state index in [1.54, 1.807) is 0 Å². The van der Waals surface area contributed by atoms with Crippen LogP contribution < -0.4 is 11.3 Å². The molecule has 3 heteroatoms. The third-order valence-electron chi connectivity index (χ3n) is 3.82. The summed E-state index contributed by atoms with van der Waals surface area (Å²) >= 11 is 0. The van der Waals surface area contributed by atoms with E-state index in [0.717, 1.165) is 17.9 Å². The molecule has 18 heavy (non-hydrogen) atoms. The van der Waals surface area contributed by atoms with Crippen molar-refractivity contribution >= 4 is 10.9 Å². The minimum atomic E-state index is 0.235. The number of fused-ring (bicyclic) bond motifs is 1. The van der Waals surface area contributed by atoms with E-state index in [-0.39, 0.29) is 6.04 Å². The zero-order valence-corrected chi connectivity index (χ0v) is 10.5. The summed E-state index contributed by atoms with van der Waals surface area (Å²) in [5.74, 6) is 6.67. The van der Waals surface area contributed by atoms with Gasteiger partial charge in [-0.2, -0.15) is 0 Å². The van der Waals surface area contributed by atoms with E-state index in [1.807, 2.05) is 18.3 Å². The molecule has 1 fully saturated rings. The van der Waals surface area contributed by atoms with Gasteiger partial charge >= 0.3 is 0 Å². The van der Waals surface area contributed by atoms with E-state index in [9.17, 15) is 0 Å². The van der Waals surface area contributed by atoms with Crippen LogP contribution in [0.3, 0.4) is 0 Å². The first-order valence-electron chi connectivity index (χ1n) is 6.68. The van der Waals surface area contributed by atoms with Crippen LogP contribution in [0.4, 0.5) is 0 Å². The third-order valence-corrected chi connectivity index (χ3v) is 3.82. The molecule has 1 aliphatic carbocycles. The van der Waals surface area contributed by atoms with E-state index < -0.39 is 0 Å². The molecule has 1 atom stereocenters. The van der Waals surface area contributed by atoms with Gasteiger partial charge in [0.2, 0.25) is 0 Å². The van der Waals surface area contributed by atoms with E-state index in [2.05, 4.69) is 28.6 Å². The van der Waals surface area contributed by atoms with E-state index in [1.165, 1.54) is 30.2 Å². The molecule has 0 bridgehead atoms. The number of hydrazine groups is 1. The van der Waals surface area contributed by atoms with Gasteiger partial charge in [0.15, 0.2) is 0 Å². The number of aromatic nitrogens is 1. The number of hydrogen-bond donors (Lipinski definition) is 2. The second kappa shape index (κ2) is 5.04. The Labute approximate surface area is 107 Å². The summed E-state index contributed by atoms with van der Waals surface area (Å²) in [6.45, 7) is 0. The van der Waals surface area contributed by atoms with Crippen molar-refractivity contribution in [2.45, 2.75) is 31.7 Å². The Morgan fingerprint density at radius 1 is 1.28 bits per heavy atom. The van der Waals surface area contributed by atoms with Crippen molar-refractivity contribution in [2.24, 2.45) is 11.8 Å². The Morgan fingerprint density at radius 3 is 2.94 bits per heavy atom. The molecule has 0 aliphatic heterocycles.